The highest BCUT2D eigenvalue weighted by atomic mass is 16.6. The molecule has 1 aromatic rings. The fraction of sp³-hybridized carbons (Fsp3) is 0.385. The van der Waals surface area contributed by atoms with Crippen LogP contribution in [0.1, 0.15) is 12.5 Å². The van der Waals surface area contributed by atoms with E-state index < -0.39 is 24.2 Å². The molecule has 0 spiro atoms. The van der Waals surface area contributed by atoms with Gasteiger partial charge in [-0.05, 0) is 12.5 Å². The lowest BCUT2D eigenvalue weighted by Crippen LogP contribution is -2.54. The molecule has 6 nitrogen and oxygen atoms in total. The molecule has 1 heterocycles. The number of rotatable bonds is 2. The molecule has 1 aliphatic rings. The number of cyclic esters (lactones) is 1. The van der Waals surface area contributed by atoms with Crippen molar-refractivity contribution in [2.24, 2.45) is 0 Å². The van der Waals surface area contributed by atoms with Gasteiger partial charge in [-0.2, -0.15) is 0 Å². The van der Waals surface area contributed by atoms with Gasteiger partial charge in [-0.15, -0.1) is 0 Å². The number of esters is 1. The van der Waals surface area contributed by atoms with Crippen molar-refractivity contribution < 1.29 is 24.2 Å². The summed E-state index contributed by atoms with van der Waals surface area (Å²) < 4.78 is 9.79. The third-order valence-corrected chi connectivity index (χ3v) is 2.98. The SMILES string of the molecule is C[C@H]1[C@H](O)C(=O)OCN1C(=O)OCc1ccccc1. The Kier molecular flexibility index (Phi) is 4.01. The van der Waals surface area contributed by atoms with E-state index in [1.54, 1.807) is 6.92 Å². The number of carbonyl (C=O) groups excluding carboxylic acids is 2. The van der Waals surface area contributed by atoms with E-state index in [2.05, 4.69) is 4.74 Å². The van der Waals surface area contributed by atoms with Gasteiger partial charge in [-0.1, -0.05) is 30.3 Å². The summed E-state index contributed by atoms with van der Waals surface area (Å²) in [4.78, 5) is 24.1. The molecule has 0 unspecified atom stereocenters. The van der Waals surface area contributed by atoms with Gasteiger partial charge < -0.3 is 14.6 Å². The fourth-order valence-electron chi connectivity index (χ4n) is 1.72. The van der Waals surface area contributed by atoms with Crippen LogP contribution in [-0.2, 0) is 20.9 Å². The van der Waals surface area contributed by atoms with Crippen molar-refractivity contribution in [3.8, 4) is 0 Å². The average Bonchev–Trinajstić information content (AvgIpc) is 2.43. The van der Waals surface area contributed by atoms with Crippen molar-refractivity contribution in [3.63, 3.8) is 0 Å². The van der Waals surface area contributed by atoms with Crippen LogP contribution in [0.4, 0.5) is 4.79 Å². The van der Waals surface area contributed by atoms with E-state index in [0.717, 1.165) is 5.56 Å². The van der Waals surface area contributed by atoms with Gasteiger partial charge in [0.05, 0.1) is 6.04 Å². The summed E-state index contributed by atoms with van der Waals surface area (Å²) >= 11 is 0. The lowest BCUT2D eigenvalue weighted by atomic mass is 10.1. The Labute approximate surface area is 110 Å². The predicted octanol–water partition coefficient (Wildman–Crippen LogP) is 0.889. The van der Waals surface area contributed by atoms with Gasteiger partial charge in [0.25, 0.3) is 0 Å². The minimum absolute atomic E-state index is 0.132. The third kappa shape index (κ3) is 3.03. The van der Waals surface area contributed by atoms with E-state index in [0.29, 0.717) is 0 Å². The second-order valence-corrected chi connectivity index (χ2v) is 4.29. The van der Waals surface area contributed by atoms with E-state index in [1.165, 1.54) is 4.90 Å². The van der Waals surface area contributed by atoms with Crippen LogP contribution in [0.15, 0.2) is 30.3 Å². The Morgan fingerprint density at radius 3 is 2.84 bits per heavy atom. The normalized spacial score (nSPS) is 22.8. The van der Waals surface area contributed by atoms with Gasteiger partial charge in [-0.25, -0.2) is 9.59 Å². The second-order valence-electron chi connectivity index (χ2n) is 4.29. The lowest BCUT2D eigenvalue weighted by Gasteiger charge is -2.34. The molecular formula is C13H15NO5. The van der Waals surface area contributed by atoms with E-state index >= 15 is 0 Å². The Bertz CT molecular complexity index is 461. The molecule has 1 N–H and O–H groups in total. The molecule has 0 radical (unpaired) electrons. The number of nitrogens with zero attached hydrogens (tertiary/aromatic N) is 1. The van der Waals surface area contributed by atoms with Crippen LogP contribution < -0.4 is 0 Å². The first-order chi connectivity index (χ1) is 9.09. The standard InChI is InChI=1S/C13H15NO5/c1-9-11(15)12(16)19-8-14(9)13(17)18-7-10-5-3-2-4-6-10/h2-6,9,11,15H,7-8H2,1H3/t9-,11-/m0/s1. The number of benzene rings is 1. The molecule has 1 fully saturated rings. The molecule has 102 valence electrons. The molecule has 1 aliphatic heterocycles. The van der Waals surface area contributed by atoms with Crippen molar-refractivity contribution in [3.05, 3.63) is 35.9 Å². The third-order valence-electron chi connectivity index (χ3n) is 2.98. The zero-order chi connectivity index (χ0) is 13.8. The first-order valence-corrected chi connectivity index (χ1v) is 5.91. The topological polar surface area (TPSA) is 76.1 Å². The minimum Gasteiger partial charge on any atom is -0.444 e. The van der Waals surface area contributed by atoms with Crippen LogP contribution in [0.2, 0.25) is 0 Å². The molecule has 2 atom stereocenters. The minimum atomic E-state index is -1.34. The second kappa shape index (κ2) is 5.71. The summed E-state index contributed by atoms with van der Waals surface area (Å²) in [5.74, 6) is -0.723. The van der Waals surface area contributed by atoms with E-state index in [1.807, 2.05) is 30.3 Å². The Morgan fingerprint density at radius 2 is 2.16 bits per heavy atom. The molecule has 0 saturated carbocycles. The van der Waals surface area contributed by atoms with Crippen LogP contribution in [-0.4, -0.2) is 40.9 Å². The summed E-state index contributed by atoms with van der Waals surface area (Å²) in [6.45, 7) is 1.49. The van der Waals surface area contributed by atoms with Crippen molar-refractivity contribution in [2.75, 3.05) is 6.73 Å². The van der Waals surface area contributed by atoms with Gasteiger partial charge in [-0.3, -0.25) is 4.90 Å². The summed E-state index contributed by atoms with van der Waals surface area (Å²) in [6, 6.07) is 8.57. The number of amides is 1. The molecule has 1 saturated heterocycles. The first-order valence-electron chi connectivity index (χ1n) is 5.91. The highest BCUT2D eigenvalue weighted by Gasteiger charge is 2.37. The van der Waals surface area contributed by atoms with Crippen LogP contribution in [0, 0.1) is 0 Å². The zero-order valence-electron chi connectivity index (χ0n) is 10.5. The van der Waals surface area contributed by atoms with Crippen LogP contribution >= 0.6 is 0 Å². The van der Waals surface area contributed by atoms with E-state index in [9.17, 15) is 14.7 Å². The molecule has 19 heavy (non-hydrogen) atoms. The van der Waals surface area contributed by atoms with Crippen LogP contribution in [0.5, 0.6) is 0 Å². The van der Waals surface area contributed by atoms with Crippen molar-refractivity contribution in [1.82, 2.24) is 4.90 Å². The van der Waals surface area contributed by atoms with Gasteiger partial charge in [0.1, 0.15) is 6.61 Å². The average molecular weight is 265 g/mol. The lowest BCUT2D eigenvalue weighted by molar-refractivity contribution is -0.173. The number of hydrogen-bond donors (Lipinski definition) is 1. The molecule has 2 rings (SSSR count). The maximum atomic E-state index is 11.8. The molecule has 6 heteroatoms. The highest BCUT2D eigenvalue weighted by molar-refractivity contribution is 5.78. The first kappa shape index (κ1) is 13.4. The highest BCUT2D eigenvalue weighted by Crippen LogP contribution is 2.14. The smallest absolute Gasteiger partial charge is 0.413 e. The molecule has 0 aliphatic carbocycles. The summed E-state index contributed by atoms with van der Waals surface area (Å²) in [5, 5.41) is 9.53. The number of aliphatic hydroxyl groups excluding tert-OH is 1. The van der Waals surface area contributed by atoms with E-state index in [-0.39, 0.29) is 13.3 Å². The number of carbonyl (C=O) groups is 2. The quantitative estimate of drug-likeness (QED) is 0.804. The predicted molar refractivity (Wildman–Crippen MR) is 64.9 cm³/mol. The summed E-state index contributed by atoms with van der Waals surface area (Å²) in [5.41, 5.74) is 0.859. The van der Waals surface area contributed by atoms with Crippen LogP contribution in [0.3, 0.4) is 0 Å². The monoisotopic (exact) mass is 265 g/mol. The number of hydrogen-bond acceptors (Lipinski definition) is 5. The number of aliphatic hydroxyl groups is 1. The number of ether oxygens (including phenoxy) is 2. The molecule has 0 aromatic heterocycles. The summed E-state index contributed by atoms with van der Waals surface area (Å²) in [6.07, 6.45) is -1.96. The largest absolute Gasteiger partial charge is 0.444 e. The molecular weight excluding hydrogens is 250 g/mol. The molecule has 1 amide bonds. The van der Waals surface area contributed by atoms with Gasteiger partial charge in [0.15, 0.2) is 12.8 Å². The van der Waals surface area contributed by atoms with Crippen molar-refractivity contribution in [1.29, 1.82) is 0 Å². The molecule has 0 bridgehead atoms. The maximum absolute atomic E-state index is 11.8. The maximum Gasteiger partial charge on any atom is 0.413 e. The van der Waals surface area contributed by atoms with Gasteiger partial charge in [0.2, 0.25) is 0 Å². The fourth-order valence-corrected chi connectivity index (χ4v) is 1.72. The van der Waals surface area contributed by atoms with Crippen molar-refractivity contribution in [2.45, 2.75) is 25.7 Å². The Morgan fingerprint density at radius 1 is 1.47 bits per heavy atom. The summed E-state index contributed by atoms with van der Waals surface area (Å²) in [7, 11) is 0. The van der Waals surface area contributed by atoms with Gasteiger partial charge in [0, 0.05) is 0 Å². The van der Waals surface area contributed by atoms with Crippen LogP contribution in [0.25, 0.3) is 0 Å². The zero-order valence-corrected chi connectivity index (χ0v) is 10.5. The molecule has 1 aromatic carbocycles. The Hall–Kier alpha value is -2.08. The van der Waals surface area contributed by atoms with Crippen molar-refractivity contribution >= 4 is 12.1 Å². The van der Waals surface area contributed by atoms with Gasteiger partial charge >= 0.3 is 12.1 Å². The Balaban J connectivity index is 1.91. The van der Waals surface area contributed by atoms with E-state index in [4.69, 9.17) is 4.74 Å².